The molecule has 0 aromatic heterocycles. The monoisotopic (exact) mass is 170 g/mol. The maximum absolute atomic E-state index is 4.96. The Labute approximate surface area is 68.0 Å². The normalized spacial score (nSPS) is 9.64. The third-order valence-corrected chi connectivity index (χ3v) is 3.14. The van der Waals surface area contributed by atoms with Crippen LogP contribution < -0.4 is 0 Å². The Morgan fingerprint density at radius 2 is 1.55 bits per heavy atom. The number of hydrogen-bond acceptors (Lipinski definition) is 3. The fraction of sp³-hybridized carbons (Fsp3) is 0.429. The Balaban J connectivity index is 4.44. The second-order valence-corrected chi connectivity index (χ2v) is 4.15. The van der Waals surface area contributed by atoms with E-state index in [1.54, 1.807) is 0 Å². The zero-order chi connectivity index (χ0) is 8.74. The molecule has 0 aliphatic rings. The van der Waals surface area contributed by atoms with E-state index in [0.717, 1.165) is 0 Å². The molecule has 0 atom stereocenters. The van der Waals surface area contributed by atoms with Crippen molar-refractivity contribution in [2.24, 2.45) is 0 Å². The molecule has 0 aliphatic heterocycles. The minimum absolute atomic E-state index is 1.48. The third kappa shape index (κ3) is 2.75. The van der Waals surface area contributed by atoms with E-state index in [0.29, 0.717) is 0 Å². The van der Waals surface area contributed by atoms with Crippen molar-refractivity contribution in [3.63, 3.8) is 0 Å². The molecule has 0 aromatic rings. The van der Waals surface area contributed by atoms with Crippen molar-refractivity contribution in [3.8, 4) is 23.8 Å². The van der Waals surface area contributed by atoms with Crippen molar-refractivity contribution >= 4 is 8.80 Å². The van der Waals surface area contributed by atoms with E-state index in [-0.39, 0.29) is 0 Å². The Morgan fingerprint density at radius 3 is 1.82 bits per heavy atom. The summed E-state index contributed by atoms with van der Waals surface area (Å²) in [5, 5.41) is 0. The average Bonchev–Trinajstić information content (AvgIpc) is 2.08. The summed E-state index contributed by atoms with van der Waals surface area (Å²) in [7, 11) is 1.69. The standard InChI is InChI=1S/C7H10O3Si/c1-5-6-7-11(8-2,9-3)10-4/h1H,2-4H3. The van der Waals surface area contributed by atoms with E-state index in [1.165, 1.54) is 21.3 Å². The molecular weight excluding hydrogens is 160 g/mol. The van der Waals surface area contributed by atoms with Crippen molar-refractivity contribution in [2.45, 2.75) is 0 Å². The molecule has 0 saturated carbocycles. The average molecular weight is 170 g/mol. The molecule has 0 rings (SSSR count). The number of hydrogen-bond donors (Lipinski definition) is 0. The van der Waals surface area contributed by atoms with Crippen LogP contribution in [0.3, 0.4) is 0 Å². The van der Waals surface area contributed by atoms with Crippen molar-refractivity contribution in [1.82, 2.24) is 0 Å². The molecule has 0 fully saturated rings. The maximum atomic E-state index is 4.96. The molecule has 0 unspecified atom stereocenters. The van der Waals surface area contributed by atoms with Gasteiger partial charge in [0.25, 0.3) is 0 Å². The van der Waals surface area contributed by atoms with Crippen LogP contribution in [0.25, 0.3) is 0 Å². The van der Waals surface area contributed by atoms with Gasteiger partial charge in [-0.05, 0) is 17.4 Å². The maximum Gasteiger partial charge on any atom is 0.591 e. The quantitative estimate of drug-likeness (QED) is 0.442. The molecule has 0 spiro atoms. The zero-order valence-electron chi connectivity index (χ0n) is 6.80. The van der Waals surface area contributed by atoms with E-state index in [2.05, 4.69) is 17.4 Å². The molecular formula is C7H10O3Si. The van der Waals surface area contributed by atoms with Gasteiger partial charge in [0.1, 0.15) is 0 Å². The molecule has 0 heterocycles. The van der Waals surface area contributed by atoms with Crippen LogP contribution >= 0.6 is 0 Å². The van der Waals surface area contributed by atoms with E-state index in [9.17, 15) is 0 Å². The molecule has 0 N–H and O–H groups in total. The molecule has 60 valence electrons. The van der Waals surface area contributed by atoms with Crippen LogP contribution in [-0.4, -0.2) is 30.1 Å². The molecule has 0 radical (unpaired) electrons. The fourth-order valence-corrected chi connectivity index (χ4v) is 1.55. The fourth-order valence-electron chi connectivity index (χ4n) is 0.516. The summed E-state index contributed by atoms with van der Waals surface area (Å²) < 4.78 is 14.9. The lowest BCUT2D eigenvalue weighted by Gasteiger charge is -2.16. The lowest BCUT2D eigenvalue weighted by atomic mass is 10.7. The smallest absolute Gasteiger partial charge is 0.367 e. The van der Waals surface area contributed by atoms with Gasteiger partial charge in [-0.25, -0.2) is 0 Å². The van der Waals surface area contributed by atoms with Gasteiger partial charge in [0.15, 0.2) is 0 Å². The van der Waals surface area contributed by atoms with Crippen LogP contribution in [0.1, 0.15) is 0 Å². The first-order valence-electron chi connectivity index (χ1n) is 2.88. The molecule has 11 heavy (non-hydrogen) atoms. The topological polar surface area (TPSA) is 27.7 Å². The zero-order valence-corrected chi connectivity index (χ0v) is 7.80. The van der Waals surface area contributed by atoms with Crippen molar-refractivity contribution in [1.29, 1.82) is 0 Å². The second kappa shape index (κ2) is 4.95. The van der Waals surface area contributed by atoms with Crippen LogP contribution in [0.2, 0.25) is 0 Å². The molecule has 0 aromatic carbocycles. The lowest BCUT2D eigenvalue weighted by Crippen LogP contribution is -2.41. The first-order valence-corrected chi connectivity index (χ1v) is 4.60. The molecule has 0 saturated heterocycles. The SMILES string of the molecule is C#CC#C[Si](OC)(OC)OC. The molecule has 0 bridgehead atoms. The van der Waals surface area contributed by atoms with Gasteiger partial charge in [0, 0.05) is 21.3 Å². The van der Waals surface area contributed by atoms with Gasteiger partial charge in [-0.2, -0.15) is 0 Å². The molecule has 0 amide bonds. The Kier molecular flexibility index (Phi) is 4.59. The van der Waals surface area contributed by atoms with Crippen LogP contribution in [0.5, 0.6) is 0 Å². The van der Waals surface area contributed by atoms with E-state index in [4.69, 9.17) is 19.7 Å². The third-order valence-electron chi connectivity index (χ3n) is 1.09. The predicted molar refractivity (Wildman–Crippen MR) is 43.4 cm³/mol. The van der Waals surface area contributed by atoms with Crippen LogP contribution in [-0.2, 0) is 13.3 Å². The van der Waals surface area contributed by atoms with Crippen molar-refractivity contribution in [3.05, 3.63) is 0 Å². The summed E-state index contributed by atoms with van der Waals surface area (Å²) in [6, 6.07) is 0. The van der Waals surface area contributed by atoms with Crippen molar-refractivity contribution in [2.75, 3.05) is 21.3 Å². The lowest BCUT2D eigenvalue weighted by molar-refractivity contribution is 0.141. The van der Waals surface area contributed by atoms with Gasteiger partial charge in [0.05, 0.1) is 0 Å². The van der Waals surface area contributed by atoms with Crippen LogP contribution in [0, 0.1) is 23.8 Å². The van der Waals surface area contributed by atoms with E-state index in [1.807, 2.05) is 0 Å². The highest BCUT2D eigenvalue weighted by atomic mass is 28.4. The Morgan fingerprint density at radius 1 is 1.09 bits per heavy atom. The molecule has 4 heteroatoms. The summed E-state index contributed by atoms with van der Waals surface area (Å²) in [6.45, 7) is 0. The second-order valence-electron chi connectivity index (χ2n) is 1.56. The van der Waals surface area contributed by atoms with Gasteiger partial charge in [-0.15, -0.1) is 6.42 Å². The van der Waals surface area contributed by atoms with E-state index < -0.39 is 8.80 Å². The van der Waals surface area contributed by atoms with E-state index >= 15 is 0 Å². The van der Waals surface area contributed by atoms with Gasteiger partial charge in [0.2, 0.25) is 0 Å². The minimum Gasteiger partial charge on any atom is -0.367 e. The summed E-state index contributed by atoms with van der Waals surface area (Å²) in [6.07, 6.45) is 4.93. The number of rotatable bonds is 3. The largest absolute Gasteiger partial charge is 0.591 e. The minimum atomic E-state index is -2.74. The predicted octanol–water partition coefficient (Wildman–Crippen LogP) is 0.0403. The Bertz CT molecular complexity index is 196. The highest BCUT2D eigenvalue weighted by Gasteiger charge is 2.36. The summed E-state index contributed by atoms with van der Waals surface area (Å²) in [5.74, 6) is 4.57. The van der Waals surface area contributed by atoms with Gasteiger partial charge < -0.3 is 13.3 Å². The summed E-state index contributed by atoms with van der Waals surface area (Å²) in [4.78, 5) is 0. The van der Waals surface area contributed by atoms with Crippen molar-refractivity contribution < 1.29 is 13.3 Å². The Hall–Kier alpha value is -0.783. The molecule has 0 aliphatic carbocycles. The summed E-state index contributed by atoms with van der Waals surface area (Å²) in [5.41, 5.74) is 2.62. The molecule has 3 nitrogen and oxygen atoms in total. The number of terminal acetylenes is 1. The van der Waals surface area contributed by atoms with Crippen LogP contribution in [0.4, 0.5) is 0 Å². The first-order chi connectivity index (χ1) is 5.24. The van der Waals surface area contributed by atoms with Gasteiger partial charge in [-0.3, -0.25) is 0 Å². The van der Waals surface area contributed by atoms with Gasteiger partial charge >= 0.3 is 8.80 Å². The highest BCUT2D eigenvalue weighted by molar-refractivity contribution is 6.69. The van der Waals surface area contributed by atoms with Crippen LogP contribution in [0.15, 0.2) is 0 Å². The highest BCUT2D eigenvalue weighted by Crippen LogP contribution is 2.02. The first kappa shape index (κ1) is 10.2. The summed E-state index contributed by atoms with van der Waals surface area (Å²) >= 11 is 0. The van der Waals surface area contributed by atoms with Gasteiger partial charge in [-0.1, -0.05) is 0 Å².